The number of benzene rings is 3. The first-order valence-electron chi connectivity index (χ1n) is 16.6. The van der Waals surface area contributed by atoms with Gasteiger partial charge in [-0.1, -0.05) is 81.5 Å². The number of methoxy groups -OCH3 is 1. The van der Waals surface area contributed by atoms with Crippen LogP contribution in [0.15, 0.2) is 108 Å². The number of hydrogen-bond donors (Lipinski definition) is 4. The topological polar surface area (TPSA) is 151 Å². The SMILES string of the molecule is COC(=O)NC(C(=O)Nc1cccc(CC(CO)N(CCC(C)C)S(=O)(=O)c2ccc(N)cc2)c1)C(C1=CC(C)CC=C1)c1ccccc1. The molecule has 0 spiro atoms. The number of aliphatic hydroxyl groups excluding tert-OH is 1. The molecule has 4 rings (SSSR count). The van der Waals surface area contributed by atoms with E-state index in [2.05, 4.69) is 29.7 Å². The molecular weight excluding hydrogens is 641 g/mol. The summed E-state index contributed by atoms with van der Waals surface area (Å²) in [6.45, 7) is 5.94. The van der Waals surface area contributed by atoms with Gasteiger partial charge in [0.2, 0.25) is 15.9 Å². The Labute approximate surface area is 290 Å². The van der Waals surface area contributed by atoms with Crippen LogP contribution in [0.2, 0.25) is 0 Å². The Kier molecular flexibility index (Phi) is 13.2. The van der Waals surface area contributed by atoms with Crippen molar-refractivity contribution in [3.05, 3.63) is 114 Å². The molecule has 262 valence electrons. The van der Waals surface area contributed by atoms with Crippen molar-refractivity contribution in [2.24, 2.45) is 11.8 Å². The fraction of sp³-hybridized carbons (Fsp3) is 0.368. The van der Waals surface area contributed by atoms with Gasteiger partial charge >= 0.3 is 6.09 Å². The highest BCUT2D eigenvalue weighted by Crippen LogP contribution is 2.34. The van der Waals surface area contributed by atoms with Gasteiger partial charge in [0, 0.05) is 23.8 Å². The first-order chi connectivity index (χ1) is 23.4. The van der Waals surface area contributed by atoms with Crippen molar-refractivity contribution in [2.45, 2.75) is 62.9 Å². The van der Waals surface area contributed by atoms with E-state index < -0.39 is 46.6 Å². The van der Waals surface area contributed by atoms with Gasteiger partial charge in [0.1, 0.15) is 6.04 Å². The minimum Gasteiger partial charge on any atom is -0.453 e. The van der Waals surface area contributed by atoms with E-state index in [1.807, 2.05) is 56.3 Å². The third kappa shape index (κ3) is 10.0. The van der Waals surface area contributed by atoms with Gasteiger partial charge in [-0.3, -0.25) is 4.79 Å². The van der Waals surface area contributed by atoms with Gasteiger partial charge in [0.25, 0.3) is 0 Å². The van der Waals surface area contributed by atoms with Crippen molar-refractivity contribution >= 4 is 33.4 Å². The van der Waals surface area contributed by atoms with E-state index in [-0.39, 0.29) is 29.7 Å². The zero-order chi connectivity index (χ0) is 35.6. The number of ether oxygens (including phenoxy) is 1. The molecule has 10 nitrogen and oxygen atoms in total. The lowest BCUT2D eigenvalue weighted by Crippen LogP contribution is -2.48. The standard InChI is InChI=1S/C38H48N4O6S/c1-26(2)20-21-42(49(46,47)34-18-16-31(39)17-19-34)33(25-43)24-28-11-9-15-32(23-28)40-37(44)36(41-38(45)48-4)35(29-12-6-5-7-13-29)30-14-8-10-27(3)22-30/h5-9,11-19,22-23,26-27,33,35-36,43H,10,20-21,24-25,39H2,1-4H3,(H,40,44)(H,41,45). The third-order valence-corrected chi connectivity index (χ3v) is 10.6. The molecular formula is C38H48N4O6S. The predicted molar refractivity (Wildman–Crippen MR) is 193 cm³/mol. The maximum Gasteiger partial charge on any atom is 0.407 e. The number of nitrogens with two attached hydrogens (primary N) is 1. The van der Waals surface area contributed by atoms with Crippen LogP contribution in [0.25, 0.3) is 0 Å². The van der Waals surface area contributed by atoms with Crippen LogP contribution in [0.4, 0.5) is 16.2 Å². The van der Waals surface area contributed by atoms with Gasteiger partial charge in [-0.05, 0) is 84.2 Å². The van der Waals surface area contributed by atoms with Crippen molar-refractivity contribution in [1.29, 1.82) is 0 Å². The van der Waals surface area contributed by atoms with Crippen molar-refractivity contribution in [3.63, 3.8) is 0 Å². The maximum absolute atomic E-state index is 14.1. The lowest BCUT2D eigenvalue weighted by molar-refractivity contribution is -0.118. The largest absolute Gasteiger partial charge is 0.453 e. The molecule has 0 aliphatic heterocycles. The Morgan fingerprint density at radius 3 is 2.39 bits per heavy atom. The summed E-state index contributed by atoms with van der Waals surface area (Å²) in [5, 5.41) is 16.3. The molecule has 1 aliphatic carbocycles. The lowest BCUT2D eigenvalue weighted by atomic mass is 9.80. The Morgan fingerprint density at radius 2 is 1.76 bits per heavy atom. The second-order valence-corrected chi connectivity index (χ2v) is 14.8. The first-order valence-corrected chi connectivity index (χ1v) is 18.0. The number of allylic oxidation sites excluding steroid dienone is 3. The minimum absolute atomic E-state index is 0.0966. The molecule has 1 aliphatic rings. The number of aliphatic hydroxyl groups is 1. The summed E-state index contributed by atoms with van der Waals surface area (Å²) in [6, 6.07) is 20.8. The van der Waals surface area contributed by atoms with Crippen molar-refractivity contribution in [1.82, 2.24) is 9.62 Å². The van der Waals surface area contributed by atoms with Crippen molar-refractivity contribution in [3.8, 4) is 0 Å². The number of anilines is 2. The number of carbonyl (C=O) groups excluding carboxylic acids is 2. The van der Waals surface area contributed by atoms with Crippen molar-refractivity contribution in [2.75, 3.05) is 31.3 Å². The molecule has 0 heterocycles. The van der Waals surface area contributed by atoms with Gasteiger partial charge in [-0.15, -0.1) is 0 Å². The number of nitrogens with zero attached hydrogens (tertiary/aromatic N) is 1. The smallest absolute Gasteiger partial charge is 0.407 e. The molecule has 3 aromatic carbocycles. The average Bonchev–Trinajstić information content (AvgIpc) is 3.08. The van der Waals surface area contributed by atoms with Crippen LogP contribution in [0.1, 0.15) is 50.7 Å². The van der Waals surface area contributed by atoms with E-state index in [1.165, 1.54) is 23.5 Å². The van der Waals surface area contributed by atoms with Crippen LogP contribution in [-0.4, -0.2) is 62.2 Å². The fourth-order valence-electron chi connectivity index (χ4n) is 5.99. The van der Waals surface area contributed by atoms with Crippen LogP contribution >= 0.6 is 0 Å². The predicted octanol–water partition coefficient (Wildman–Crippen LogP) is 5.88. The van der Waals surface area contributed by atoms with E-state index in [1.54, 1.807) is 30.3 Å². The number of nitrogen functional groups attached to an aromatic ring is 1. The van der Waals surface area contributed by atoms with Gasteiger partial charge in [-0.25, -0.2) is 13.2 Å². The number of rotatable bonds is 15. The molecule has 0 saturated heterocycles. The zero-order valence-electron chi connectivity index (χ0n) is 28.6. The summed E-state index contributed by atoms with van der Waals surface area (Å²) >= 11 is 0. The average molecular weight is 689 g/mol. The van der Waals surface area contributed by atoms with Gasteiger partial charge in [-0.2, -0.15) is 4.31 Å². The van der Waals surface area contributed by atoms with Crippen LogP contribution in [0, 0.1) is 11.8 Å². The Balaban J connectivity index is 1.63. The van der Waals surface area contributed by atoms with Gasteiger partial charge < -0.3 is 26.2 Å². The number of carbonyl (C=O) groups is 2. The molecule has 0 aromatic heterocycles. The third-order valence-electron chi connectivity index (χ3n) is 8.58. The highest BCUT2D eigenvalue weighted by atomic mass is 32.2. The summed E-state index contributed by atoms with van der Waals surface area (Å²) < 4.78 is 34.0. The van der Waals surface area contributed by atoms with E-state index in [0.717, 1.165) is 17.6 Å². The van der Waals surface area contributed by atoms with Gasteiger partial charge in [0.15, 0.2) is 0 Å². The molecule has 4 unspecified atom stereocenters. The van der Waals surface area contributed by atoms with Crippen molar-refractivity contribution < 1.29 is 27.9 Å². The Morgan fingerprint density at radius 1 is 1.04 bits per heavy atom. The van der Waals surface area contributed by atoms with E-state index in [0.29, 0.717) is 23.4 Å². The molecule has 2 amide bonds. The molecule has 4 atom stereocenters. The van der Waals surface area contributed by atoms with Crippen LogP contribution in [-0.2, 0) is 26.0 Å². The Hall–Kier alpha value is -4.45. The number of sulfonamides is 1. The van der Waals surface area contributed by atoms with E-state index in [9.17, 15) is 23.1 Å². The molecule has 0 saturated carbocycles. The molecule has 11 heteroatoms. The van der Waals surface area contributed by atoms with Gasteiger partial charge in [0.05, 0.1) is 24.7 Å². The second-order valence-electron chi connectivity index (χ2n) is 12.9. The Bertz CT molecular complexity index is 1720. The first kappa shape index (κ1) is 37.4. The molecule has 0 radical (unpaired) electrons. The monoisotopic (exact) mass is 688 g/mol. The summed E-state index contributed by atoms with van der Waals surface area (Å²) in [6.07, 6.45) is 7.12. The molecule has 5 N–H and O–H groups in total. The summed E-state index contributed by atoms with van der Waals surface area (Å²) in [5.41, 5.74) is 9.19. The van der Waals surface area contributed by atoms with E-state index >= 15 is 0 Å². The van der Waals surface area contributed by atoms with Crippen LogP contribution in [0.5, 0.6) is 0 Å². The quantitative estimate of drug-likeness (QED) is 0.146. The number of hydrogen-bond acceptors (Lipinski definition) is 7. The van der Waals surface area contributed by atoms with Crippen LogP contribution < -0.4 is 16.4 Å². The minimum atomic E-state index is -3.96. The maximum atomic E-state index is 14.1. The molecule has 0 fully saturated rings. The zero-order valence-corrected chi connectivity index (χ0v) is 29.4. The van der Waals surface area contributed by atoms with E-state index in [4.69, 9.17) is 10.5 Å². The number of amides is 2. The summed E-state index contributed by atoms with van der Waals surface area (Å²) in [5.74, 6) is -0.467. The summed E-state index contributed by atoms with van der Waals surface area (Å²) in [7, 11) is -2.71. The second kappa shape index (κ2) is 17.3. The number of alkyl carbamates (subject to hydrolysis) is 1. The molecule has 3 aromatic rings. The molecule has 49 heavy (non-hydrogen) atoms. The normalized spacial score (nSPS) is 16.5. The highest BCUT2D eigenvalue weighted by molar-refractivity contribution is 7.89. The van der Waals surface area contributed by atoms with Crippen LogP contribution in [0.3, 0.4) is 0 Å². The fourth-order valence-corrected chi connectivity index (χ4v) is 7.62. The number of nitrogens with one attached hydrogen (secondary N) is 2. The molecule has 0 bridgehead atoms. The highest BCUT2D eigenvalue weighted by Gasteiger charge is 2.35. The lowest BCUT2D eigenvalue weighted by Gasteiger charge is -2.31. The summed E-state index contributed by atoms with van der Waals surface area (Å²) in [4.78, 5) is 26.8.